The third kappa shape index (κ3) is 5.39. The predicted octanol–water partition coefficient (Wildman–Crippen LogP) is 4.08. The number of alkyl halides is 3. The summed E-state index contributed by atoms with van der Waals surface area (Å²) >= 11 is 0. The minimum atomic E-state index is -4.57. The van der Waals surface area contributed by atoms with E-state index in [0.717, 1.165) is 18.2 Å². The van der Waals surface area contributed by atoms with E-state index < -0.39 is 39.4 Å². The van der Waals surface area contributed by atoms with Crippen LogP contribution in [-0.4, -0.2) is 18.6 Å². The Morgan fingerprint density at radius 3 is 2.48 bits per heavy atom. The van der Waals surface area contributed by atoms with Crippen LogP contribution in [0.5, 0.6) is 0 Å². The summed E-state index contributed by atoms with van der Waals surface area (Å²) in [4.78, 5) is 4.07. The molecule has 154 valence electrons. The molecule has 1 atom stereocenters. The van der Waals surface area contributed by atoms with Crippen LogP contribution in [0.1, 0.15) is 30.0 Å². The minimum Gasteiger partial charge on any atom is -0.337 e. The standard InChI is InChI=1S/C18H15F4N3O3S/c1-11(17-23-16(24-28-17)13-5-7-15(19)8-6-13)25-29(26,27)10-12-3-2-4-14(9-12)18(20,21)22/h2-9,11,25H,10H2,1H3. The number of nitrogens with one attached hydrogen (secondary N) is 1. The lowest BCUT2D eigenvalue weighted by Crippen LogP contribution is -2.28. The number of sulfonamides is 1. The van der Waals surface area contributed by atoms with Gasteiger partial charge in [-0.05, 0) is 42.8 Å². The van der Waals surface area contributed by atoms with Gasteiger partial charge in [-0.3, -0.25) is 0 Å². The van der Waals surface area contributed by atoms with Crippen molar-refractivity contribution in [2.75, 3.05) is 0 Å². The van der Waals surface area contributed by atoms with Crippen molar-refractivity contribution < 1.29 is 30.5 Å². The summed E-state index contributed by atoms with van der Waals surface area (Å²) < 4.78 is 83.3. The highest BCUT2D eigenvalue weighted by atomic mass is 32.2. The normalized spacial score (nSPS) is 13.4. The molecule has 0 aliphatic rings. The summed E-state index contributed by atoms with van der Waals surface area (Å²) in [6.07, 6.45) is -4.57. The maximum absolute atomic E-state index is 13.0. The number of aromatic nitrogens is 2. The molecule has 0 aliphatic carbocycles. The summed E-state index contributed by atoms with van der Waals surface area (Å²) in [5.41, 5.74) is -0.475. The Balaban J connectivity index is 1.71. The number of halogens is 4. The smallest absolute Gasteiger partial charge is 0.337 e. The van der Waals surface area contributed by atoms with Gasteiger partial charge in [0.05, 0.1) is 17.4 Å². The SMILES string of the molecule is CC(NS(=O)(=O)Cc1cccc(C(F)(F)F)c1)c1nc(-c2ccc(F)cc2)no1. The molecule has 0 spiro atoms. The second kappa shape index (κ2) is 7.91. The third-order valence-electron chi connectivity index (χ3n) is 3.88. The van der Waals surface area contributed by atoms with Gasteiger partial charge in [-0.2, -0.15) is 18.2 Å². The van der Waals surface area contributed by atoms with Crippen molar-refractivity contribution in [1.29, 1.82) is 0 Å². The van der Waals surface area contributed by atoms with E-state index in [0.29, 0.717) is 5.56 Å². The van der Waals surface area contributed by atoms with Gasteiger partial charge < -0.3 is 4.52 Å². The molecule has 0 amide bonds. The monoisotopic (exact) mass is 429 g/mol. The number of benzene rings is 2. The van der Waals surface area contributed by atoms with Gasteiger partial charge >= 0.3 is 6.18 Å². The fraction of sp³-hybridized carbons (Fsp3) is 0.222. The van der Waals surface area contributed by atoms with Crippen LogP contribution in [0.15, 0.2) is 53.1 Å². The van der Waals surface area contributed by atoms with Crippen LogP contribution in [0.3, 0.4) is 0 Å². The first kappa shape index (κ1) is 20.9. The topological polar surface area (TPSA) is 85.1 Å². The zero-order valence-corrected chi connectivity index (χ0v) is 15.8. The van der Waals surface area contributed by atoms with E-state index in [-0.39, 0.29) is 17.3 Å². The molecule has 29 heavy (non-hydrogen) atoms. The molecule has 1 aromatic heterocycles. The van der Waals surface area contributed by atoms with E-state index in [1.54, 1.807) is 0 Å². The molecule has 1 unspecified atom stereocenters. The Morgan fingerprint density at radius 2 is 1.83 bits per heavy atom. The molecule has 0 radical (unpaired) electrons. The molecule has 1 heterocycles. The van der Waals surface area contributed by atoms with E-state index in [4.69, 9.17) is 4.52 Å². The quantitative estimate of drug-likeness (QED) is 0.597. The van der Waals surface area contributed by atoms with E-state index in [9.17, 15) is 26.0 Å². The highest BCUT2D eigenvalue weighted by Crippen LogP contribution is 2.30. The second-order valence-electron chi connectivity index (χ2n) is 6.26. The molecule has 0 bridgehead atoms. The molecule has 0 fully saturated rings. The molecular formula is C18H15F4N3O3S. The van der Waals surface area contributed by atoms with Crippen molar-refractivity contribution in [3.05, 3.63) is 71.4 Å². The number of nitrogens with zero attached hydrogens (tertiary/aromatic N) is 2. The predicted molar refractivity (Wildman–Crippen MR) is 95.3 cm³/mol. The van der Waals surface area contributed by atoms with Gasteiger partial charge in [0, 0.05) is 5.56 Å². The molecule has 0 saturated carbocycles. The highest BCUT2D eigenvalue weighted by molar-refractivity contribution is 7.88. The molecule has 3 aromatic rings. The van der Waals surface area contributed by atoms with E-state index >= 15 is 0 Å². The number of hydrogen-bond donors (Lipinski definition) is 1. The fourth-order valence-corrected chi connectivity index (χ4v) is 3.89. The van der Waals surface area contributed by atoms with Crippen LogP contribution in [0.25, 0.3) is 11.4 Å². The van der Waals surface area contributed by atoms with Crippen LogP contribution in [0.4, 0.5) is 17.6 Å². The molecule has 6 nitrogen and oxygen atoms in total. The van der Waals surface area contributed by atoms with Gasteiger partial charge in [0.2, 0.25) is 21.7 Å². The van der Waals surface area contributed by atoms with Gasteiger partial charge in [0.15, 0.2) is 0 Å². The summed E-state index contributed by atoms with van der Waals surface area (Å²) in [5.74, 6) is -0.991. The molecule has 11 heteroatoms. The molecule has 1 N–H and O–H groups in total. The first-order chi connectivity index (χ1) is 13.5. The first-order valence-electron chi connectivity index (χ1n) is 8.29. The lowest BCUT2D eigenvalue weighted by atomic mass is 10.1. The zero-order chi connectivity index (χ0) is 21.2. The third-order valence-corrected chi connectivity index (χ3v) is 5.31. The van der Waals surface area contributed by atoms with E-state index in [1.165, 1.54) is 37.3 Å². The maximum Gasteiger partial charge on any atom is 0.416 e. The molecular weight excluding hydrogens is 414 g/mol. The van der Waals surface area contributed by atoms with Crippen LogP contribution in [0, 0.1) is 5.82 Å². The molecule has 3 rings (SSSR count). The lowest BCUT2D eigenvalue weighted by molar-refractivity contribution is -0.137. The van der Waals surface area contributed by atoms with Gasteiger partial charge in [0.1, 0.15) is 5.82 Å². The van der Waals surface area contributed by atoms with Crippen molar-refractivity contribution in [3.63, 3.8) is 0 Å². The van der Waals surface area contributed by atoms with Crippen LogP contribution in [-0.2, 0) is 22.0 Å². The van der Waals surface area contributed by atoms with Crippen molar-refractivity contribution in [3.8, 4) is 11.4 Å². The van der Waals surface area contributed by atoms with Crippen LogP contribution >= 0.6 is 0 Å². The largest absolute Gasteiger partial charge is 0.416 e. The fourth-order valence-electron chi connectivity index (χ4n) is 2.55. The minimum absolute atomic E-state index is 0.0166. The highest BCUT2D eigenvalue weighted by Gasteiger charge is 2.31. The Morgan fingerprint density at radius 1 is 1.14 bits per heavy atom. The van der Waals surface area contributed by atoms with Crippen molar-refractivity contribution in [2.24, 2.45) is 0 Å². The average molecular weight is 429 g/mol. The Bertz CT molecular complexity index is 1100. The summed E-state index contributed by atoms with van der Waals surface area (Å²) in [6, 6.07) is 8.46. The van der Waals surface area contributed by atoms with Crippen molar-refractivity contribution in [1.82, 2.24) is 14.9 Å². The molecule has 2 aromatic carbocycles. The van der Waals surface area contributed by atoms with Crippen LogP contribution < -0.4 is 4.72 Å². The maximum atomic E-state index is 13.0. The van der Waals surface area contributed by atoms with Crippen molar-refractivity contribution >= 4 is 10.0 Å². The van der Waals surface area contributed by atoms with E-state index in [1.807, 2.05) is 0 Å². The lowest BCUT2D eigenvalue weighted by Gasteiger charge is -2.12. The summed E-state index contributed by atoms with van der Waals surface area (Å²) in [7, 11) is -4.00. The van der Waals surface area contributed by atoms with Gasteiger partial charge in [-0.15, -0.1) is 0 Å². The first-order valence-corrected chi connectivity index (χ1v) is 9.94. The summed E-state index contributed by atoms with van der Waals surface area (Å²) in [5, 5.41) is 3.72. The Hall–Kier alpha value is -2.79. The molecule has 0 aliphatic heterocycles. The van der Waals surface area contributed by atoms with Gasteiger partial charge in [-0.1, -0.05) is 23.4 Å². The van der Waals surface area contributed by atoms with Crippen molar-refractivity contribution in [2.45, 2.75) is 24.9 Å². The van der Waals surface area contributed by atoms with E-state index in [2.05, 4.69) is 14.9 Å². The second-order valence-corrected chi connectivity index (χ2v) is 8.01. The Labute approximate surface area is 163 Å². The molecule has 0 saturated heterocycles. The Kier molecular flexibility index (Phi) is 5.71. The number of rotatable bonds is 6. The summed E-state index contributed by atoms with van der Waals surface area (Å²) in [6.45, 7) is 1.45. The average Bonchev–Trinajstić information content (AvgIpc) is 3.11. The van der Waals surface area contributed by atoms with Gasteiger partial charge in [-0.25, -0.2) is 17.5 Å². The van der Waals surface area contributed by atoms with Crippen LogP contribution in [0.2, 0.25) is 0 Å². The zero-order valence-electron chi connectivity index (χ0n) is 14.9. The number of hydrogen-bond acceptors (Lipinski definition) is 5. The van der Waals surface area contributed by atoms with Gasteiger partial charge in [0.25, 0.3) is 0 Å².